The fourth-order valence-electron chi connectivity index (χ4n) is 2.09. The van der Waals surface area contributed by atoms with Crippen LogP contribution in [0.3, 0.4) is 0 Å². The van der Waals surface area contributed by atoms with Gasteiger partial charge in [-0.05, 0) is 6.92 Å². The molecular weight excluding hydrogens is 276 g/mol. The van der Waals surface area contributed by atoms with Gasteiger partial charge < -0.3 is 9.47 Å². The van der Waals surface area contributed by atoms with Crippen LogP contribution in [0.4, 0.5) is 10.5 Å². The molecule has 4 amide bonds. The highest BCUT2D eigenvalue weighted by atomic mass is 16.5. The third-order valence-corrected chi connectivity index (χ3v) is 3.36. The predicted octanol–water partition coefficient (Wildman–Crippen LogP) is 1.26. The number of hydrogen-bond acceptors (Lipinski definition) is 5. The van der Waals surface area contributed by atoms with Gasteiger partial charge in [-0.1, -0.05) is 0 Å². The van der Waals surface area contributed by atoms with Gasteiger partial charge in [0.05, 0.1) is 19.9 Å². The van der Waals surface area contributed by atoms with Crippen LogP contribution in [0.25, 0.3) is 0 Å². The number of rotatable bonds is 3. The zero-order valence-electron chi connectivity index (χ0n) is 12.2. The first-order valence-corrected chi connectivity index (χ1v) is 6.29. The molecule has 1 atom stereocenters. The number of nitrogens with zero attached hydrogens (tertiary/aromatic N) is 2. The third kappa shape index (κ3) is 2.42. The normalized spacial score (nSPS) is 19.0. The molecule has 2 rings (SSSR count). The highest BCUT2D eigenvalue weighted by Gasteiger charge is 2.42. The van der Waals surface area contributed by atoms with Crippen molar-refractivity contribution in [3.63, 3.8) is 0 Å². The van der Waals surface area contributed by atoms with Crippen molar-refractivity contribution in [3.8, 4) is 11.5 Å². The van der Waals surface area contributed by atoms with E-state index in [1.807, 2.05) is 0 Å². The van der Waals surface area contributed by atoms with Crippen LogP contribution < -0.4 is 14.4 Å². The lowest BCUT2D eigenvalue weighted by molar-refractivity contribution is -0.139. The van der Waals surface area contributed by atoms with E-state index in [0.29, 0.717) is 17.2 Å². The molecule has 0 saturated carbocycles. The Kier molecular flexibility index (Phi) is 3.84. The molecule has 1 saturated heterocycles. The van der Waals surface area contributed by atoms with Gasteiger partial charge in [-0.2, -0.15) is 0 Å². The largest absolute Gasteiger partial charge is 0.497 e. The van der Waals surface area contributed by atoms with Crippen LogP contribution in [-0.2, 0) is 9.59 Å². The standard InChI is InChI=1S/C14H16N2O5/c1-8-12(17)15(2)14(19)16(13(8)18)9-5-10(20-3)7-11(6-9)21-4/h5-8H,1-4H3. The Bertz CT molecular complexity index is 567. The summed E-state index contributed by atoms with van der Waals surface area (Å²) in [6, 6.07) is 4.00. The Morgan fingerprint density at radius 1 is 0.952 bits per heavy atom. The van der Waals surface area contributed by atoms with Crippen LogP contribution in [0.1, 0.15) is 6.92 Å². The Hall–Kier alpha value is -2.57. The fourth-order valence-corrected chi connectivity index (χ4v) is 2.09. The SMILES string of the molecule is COc1cc(OC)cc(N2C(=O)C(C)C(=O)N(C)C2=O)c1. The molecular formula is C14H16N2O5. The number of imide groups is 2. The molecule has 1 aromatic rings. The summed E-state index contributed by atoms with van der Waals surface area (Å²) in [7, 11) is 4.28. The summed E-state index contributed by atoms with van der Waals surface area (Å²) >= 11 is 0. The molecule has 1 aliphatic heterocycles. The number of amides is 4. The highest BCUT2D eigenvalue weighted by Crippen LogP contribution is 2.31. The van der Waals surface area contributed by atoms with E-state index in [1.165, 1.54) is 40.3 Å². The van der Waals surface area contributed by atoms with Crippen molar-refractivity contribution in [2.45, 2.75) is 6.92 Å². The van der Waals surface area contributed by atoms with E-state index in [0.717, 1.165) is 9.80 Å². The minimum atomic E-state index is -0.912. The van der Waals surface area contributed by atoms with Crippen molar-refractivity contribution in [2.75, 3.05) is 26.2 Å². The van der Waals surface area contributed by atoms with Gasteiger partial charge >= 0.3 is 6.03 Å². The predicted molar refractivity (Wildman–Crippen MR) is 74.4 cm³/mol. The average molecular weight is 292 g/mol. The van der Waals surface area contributed by atoms with Gasteiger partial charge in [0.25, 0.3) is 0 Å². The van der Waals surface area contributed by atoms with Gasteiger partial charge in [0.1, 0.15) is 17.4 Å². The summed E-state index contributed by atoms with van der Waals surface area (Å²) in [5.74, 6) is -1.12. The number of carbonyl (C=O) groups is 3. The van der Waals surface area contributed by atoms with Gasteiger partial charge in [0.2, 0.25) is 11.8 Å². The highest BCUT2D eigenvalue weighted by molar-refractivity contribution is 6.27. The molecule has 1 heterocycles. The van der Waals surface area contributed by atoms with E-state index in [9.17, 15) is 14.4 Å². The lowest BCUT2D eigenvalue weighted by atomic mass is 10.1. The summed E-state index contributed by atoms with van der Waals surface area (Å²) in [5, 5.41) is 0. The van der Waals surface area contributed by atoms with E-state index < -0.39 is 23.8 Å². The van der Waals surface area contributed by atoms with Crippen molar-refractivity contribution in [1.82, 2.24) is 4.90 Å². The molecule has 21 heavy (non-hydrogen) atoms. The zero-order valence-corrected chi connectivity index (χ0v) is 12.2. The van der Waals surface area contributed by atoms with Gasteiger partial charge in [-0.15, -0.1) is 0 Å². The maximum atomic E-state index is 12.3. The van der Waals surface area contributed by atoms with Crippen LogP contribution in [0, 0.1) is 5.92 Å². The topological polar surface area (TPSA) is 76.2 Å². The van der Waals surface area contributed by atoms with E-state index in [1.54, 1.807) is 6.07 Å². The van der Waals surface area contributed by atoms with Crippen molar-refractivity contribution in [3.05, 3.63) is 18.2 Å². The van der Waals surface area contributed by atoms with E-state index >= 15 is 0 Å². The molecule has 7 heteroatoms. The molecule has 0 aliphatic carbocycles. The lowest BCUT2D eigenvalue weighted by Gasteiger charge is -2.33. The van der Waals surface area contributed by atoms with Crippen LogP contribution in [-0.4, -0.2) is 44.0 Å². The molecule has 1 aliphatic rings. The summed E-state index contributed by atoms with van der Waals surface area (Å²) in [6.45, 7) is 1.47. The number of benzene rings is 1. The van der Waals surface area contributed by atoms with Crippen molar-refractivity contribution in [2.24, 2.45) is 5.92 Å². The number of ether oxygens (including phenoxy) is 2. The minimum absolute atomic E-state index is 0.299. The fraction of sp³-hybridized carbons (Fsp3) is 0.357. The van der Waals surface area contributed by atoms with Crippen molar-refractivity contribution < 1.29 is 23.9 Å². The molecule has 0 N–H and O–H groups in total. The van der Waals surface area contributed by atoms with Crippen LogP contribution >= 0.6 is 0 Å². The number of hydrogen-bond donors (Lipinski definition) is 0. The van der Waals surface area contributed by atoms with Crippen LogP contribution in [0.5, 0.6) is 11.5 Å². The Morgan fingerprint density at radius 3 is 1.95 bits per heavy atom. The second-order valence-corrected chi connectivity index (χ2v) is 4.65. The Labute approximate surface area is 122 Å². The van der Waals surface area contributed by atoms with Gasteiger partial charge in [0, 0.05) is 25.2 Å². The average Bonchev–Trinajstić information content (AvgIpc) is 2.50. The van der Waals surface area contributed by atoms with E-state index in [4.69, 9.17) is 9.47 Å². The van der Waals surface area contributed by atoms with E-state index in [2.05, 4.69) is 0 Å². The molecule has 112 valence electrons. The van der Waals surface area contributed by atoms with Crippen molar-refractivity contribution in [1.29, 1.82) is 0 Å². The third-order valence-electron chi connectivity index (χ3n) is 3.36. The van der Waals surface area contributed by atoms with Crippen molar-refractivity contribution >= 4 is 23.5 Å². The Morgan fingerprint density at radius 2 is 1.48 bits per heavy atom. The molecule has 7 nitrogen and oxygen atoms in total. The molecule has 0 radical (unpaired) electrons. The monoisotopic (exact) mass is 292 g/mol. The zero-order chi connectivity index (χ0) is 15.7. The number of barbiturate groups is 1. The van der Waals surface area contributed by atoms with Crippen LogP contribution in [0.2, 0.25) is 0 Å². The van der Waals surface area contributed by atoms with E-state index in [-0.39, 0.29) is 0 Å². The molecule has 1 aromatic carbocycles. The van der Waals surface area contributed by atoms with Gasteiger partial charge in [0.15, 0.2) is 0 Å². The molecule has 0 aromatic heterocycles. The summed E-state index contributed by atoms with van der Waals surface area (Å²) < 4.78 is 10.2. The number of carbonyl (C=O) groups excluding carboxylic acids is 3. The molecule has 1 fully saturated rings. The van der Waals surface area contributed by atoms with Gasteiger partial charge in [-0.3, -0.25) is 14.5 Å². The molecule has 0 spiro atoms. The molecule has 1 unspecified atom stereocenters. The number of anilines is 1. The second kappa shape index (κ2) is 5.43. The first-order valence-electron chi connectivity index (χ1n) is 6.29. The minimum Gasteiger partial charge on any atom is -0.497 e. The number of methoxy groups -OCH3 is 2. The quantitative estimate of drug-likeness (QED) is 0.784. The summed E-state index contributed by atoms with van der Waals surface area (Å²) in [4.78, 5) is 38.1. The maximum Gasteiger partial charge on any atom is 0.337 e. The smallest absolute Gasteiger partial charge is 0.337 e. The van der Waals surface area contributed by atoms with Crippen LogP contribution in [0.15, 0.2) is 18.2 Å². The molecule has 0 bridgehead atoms. The second-order valence-electron chi connectivity index (χ2n) is 4.65. The Balaban J connectivity index is 2.51. The first-order chi connectivity index (χ1) is 9.90. The first kappa shape index (κ1) is 14.8. The van der Waals surface area contributed by atoms with Gasteiger partial charge in [-0.25, -0.2) is 9.69 Å². The lowest BCUT2D eigenvalue weighted by Crippen LogP contribution is -2.57. The maximum absolute atomic E-state index is 12.3. The summed E-state index contributed by atoms with van der Waals surface area (Å²) in [6.07, 6.45) is 0. The number of urea groups is 1. The summed E-state index contributed by atoms with van der Waals surface area (Å²) in [5.41, 5.74) is 0.299.